The molecular weight excluding hydrogens is 264 g/mol. The van der Waals surface area contributed by atoms with Gasteiger partial charge in [-0.1, -0.05) is 12.1 Å². The van der Waals surface area contributed by atoms with Crippen molar-refractivity contribution in [3.05, 3.63) is 29.8 Å². The molecule has 0 aliphatic carbocycles. The van der Waals surface area contributed by atoms with Crippen LogP contribution in [-0.2, 0) is 16.7 Å². The van der Waals surface area contributed by atoms with Crippen molar-refractivity contribution < 1.29 is 12.6 Å². The molecule has 0 heterocycles. The van der Waals surface area contributed by atoms with E-state index in [9.17, 15) is 8.42 Å². The quantitative estimate of drug-likeness (QED) is 0.572. The lowest BCUT2D eigenvalue weighted by Crippen LogP contribution is -2.26. The Morgan fingerprint density at radius 3 is 2.37 bits per heavy atom. The minimum absolute atomic E-state index is 0.0269. The predicted octanol–water partition coefficient (Wildman–Crippen LogP) is 1.07. The van der Waals surface area contributed by atoms with Gasteiger partial charge in [0, 0.05) is 19.6 Å². The molecule has 108 valence electrons. The molecule has 0 spiro atoms. The molecule has 5 nitrogen and oxygen atoms in total. The second kappa shape index (κ2) is 7.47. The summed E-state index contributed by atoms with van der Waals surface area (Å²) in [5.41, 5.74) is 1.10. The molecule has 0 atom stereocenters. The van der Waals surface area contributed by atoms with Gasteiger partial charge in [-0.25, -0.2) is 0 Å². The average molecular weight is 286 g/mol. The van der Waals surface area contributed by atoms with E-state index < -0.39 is 10.1 Å². The van der Waals surface area contributed by atoms with E-state index >= 15 is 0 Å². The first-order valence-corrected chi connectivity index (χ1v) is 7.87. The van der Waals surface area contributed by atoms with Crippen molar-refractivity contribution in [2.75, 3.05) is 32.9 Å². The van der Waals surface area contributed by atoms with Crippen molar-refractivity contribution in [2.45, 2.75) is 13.5 Å². The monoisotopic (exact) mass is 286 g/mol. The average Bonchev–Trinajstić information content (AvgIpc) is 2.36. The van der Waals surface area contributed by atoms with Crippen LogP contribution in [-0.4, -0.2) is 46.3 Å². The van der Waals surface area contributed by atoms with Crippen LogP contribution in [0.5, 0.6) is 5.75 Å². The molecule has 1 aromatic rings. The third kappa shape index (κ3) is 6.56. The number of hydrogen-bond acceptors (Lipinski definition) is 5. The number of rotatable bonds is 8. The van der Waals surface area contributed by atoms with Crippen LogP contribution in [0.1, 0.15) is 12.5 Å². The molecule has 0 radical (unpaired) electrons. The Kier molecular flexibility index (Phi) is 6.27. The van der Waals surface area contributed by atoms with E-state index in [1.54, 1.807) is 19.1 Å². The smallest absolute Gasteiger partial charge is 0.308 e. The summed E-state index contributed by atoms with van der Waals surface area (Å²) in [6.07, 6.45) is 0. The van der Waals surface area contributed by atoms with E-state index in [0.717, 1.165) is 25.2 Å². The minimum atomic E-state index is -3.44. The zero-order chi connectivity index (χ0) is 14.3. The van der Waals surface area contributed by atoms with Gasteiger partial charge in [-0.3, -0.25) is 0 Å². The van der Waals surface area contributed by atoms with Crippen LogP contribution in [0.3, 0.4) is 0 Å². The maximum atomic E-state index is 11.3. The molecule has 1 aromatic carbocycles. The minimum Gasteiger partial charge on any atom is -0.382 e. The molecular formula is C13H22N2O3S. The van der Waals surface area contributed by atoms with Gasteiger partial charge >= 0.3 is 10.1 Å². The Morgan fingerprint density at radius 1 is 1.21 bits per heavy atom. The van der Waals surface area contributed by atoms with E-state index in [-0.39, 0.29) is 5.75 Å². The lowest BCUT2D eigenvalue weighted by Gasteiger charge is -2.10. The van der Waals surface area contributed by atoms with Crippen molar-refractivity contribution >= 4 is 10.1 Å². The largest absolute Gasteiger partial charge is 0.382 e. The standard InChI is InChI=1S/C13H22N2O3S/c1-4-19(16,17)18-13-7-5-12(6-8-13)11-14-9-10-15(2)3/h5-8,14H,4,9-11H2,1-3H3. The van der Waals surface area contributed by atoms with E-state index in [0.29, 0.717) is 5.75 Å². The fourth-order valence-electron chi connectivity index (χ4n) is 1.40. The van der Waals surface area contributed by atoms with E-state index in [1.165, 1.54) is 0 Å². The highest BCUT2D eigenvalue weighted by Gasteiger charge is 2.08. The Hall–Kier alpha value is -1.11. The summed E-state index contributed by atoms with van der Waals surface area (Å²) in [4.78, 5) is 2.11. The molecule has 0 amide bonds. The van der Waals surface area contributed by atoms with Crippen molar-refractivity contribution in [1.29, 1.82) is 0 Å². The molecule has 0 saturated carbocycles. The van der Waals surface area contributed by atoms with Gasteiger partial charge in [-0.2, -0.15) is 8.42 Å². The van der Waals surface area contributed by atoms with Crippen LogP contribution >= 0.6 is 0 Å². The van der Waals surface area contributed by atoms with Crippen LogP contribution in [0, 0.1) is 0 Å². The topological polar surface area (TPSA) is 58.6 Å². The molecule has 6 heteroatoms. The number of likely N-dealkylation sites (N-methyl/N-ethyl adjacent to an activating group) is 1. The third-order valence-electron chi connectivity index (χ3n) is 2.57. The summed E-state index contributed by atoms with van der Waals surface area (Å²) >= 11 is 0. The molecule has 0 aliphatic heterocycles. The molecule has 1 rings (SSSR count). The van der Waals surface area contributed by atoms with Gasteiger partial charge in [0.1, 0.15) is 5.75 Å². The number of nitrogens with zero attached hydrogens (tertiary/aromatic N) is 1. The van der Waals surface area contributed by atoms with Gasteiger partial charge in [0.05, 0.1) is 5.75 Å². The highest BCUT2D eigenvalue weighted by Crippen LogP contribution is 2.14. The Labute approximate surface area is 115 Å². The normalized spacial score (nSPS) is 11.8. The lowest BCUT2D eigenvalue weighted by atomic mass is 10.2. The van der Waals surface area contributed by atoms with Crippen molar-refractivity contribution in [3.8, 4) is 5.75 Å². The van der Waals surface area contributed by atoms with Gasteiger partial charge in [-0.05, 0) is 38.7 Å². The summed E-state index contributed by atoms with van der Waals surface area (Å²) in [6.45, 7) is 4.21. The summed E-state index contributed by atoms with van der Waals surface area (Å²) in [6, 6.07) is 7.08. The second-order valence-corrected chi connectivity index (χ2v) is 6.41. The number of hydrogen-bond donors (Lipinski definition) is 1. The Balaban J connectivity index is 2.44. The molecule has 0 fully saturated rings. The Bertz CT molecular complexity index is 469. The first-order chi connectivity index (χ1) is 8.93. The molecule has 0 aliphatic rings. The van der Waals surface area contributed by atoms with Crippen LogP contribution in [0.4, 0.5) is 0 Å². The molecule has 0 saturated heterocycles. The molecule has 0 unspecified atom stereocenters. The van der Waals surface area contributed by atoms with Crippen molar-refractivity contribution in [1.82, 2.24) is 10.2 Å². The predicted molar refractivity (Wildman–Crippen MR) is 76.8 cm³/mol. The van der Waals surface area contributed by atoms with Gasteiger partial charge in [-0.15, -0.1) is 0 Å². The van der Waals surface area contributed by atoms with Crippen LogP contribution < -0.4 is 9.50 Å². The molecule has 19 heavy (non-hydrogen) atoms. The lowest BCUT2D eigenvalue weighted by molar-refractivity contribution is 0.400. The number of benzene rings is 1. The van der Waals surface area contributed by atoms with Gasteiger partial charge in [0.25, 0.3) is 0 Å². The van der Waals surface area contributed by atoms with E-state index in [1.807, 2.05) is 26.2 Å². The molecule has 1 N–H and O–H groups in total. The zero-order valence-electron chi connectivity index (χ0n) is 11.7. The highest BCUT2D eigenvalue weighted by molar-refractivity contribution is 7.87. The van der Waals surface area contributed by atoms with E-state index in [4.69, 9.17) is 4.18 Å². The van der Waals surface area contributed by atoms with Crippen molar-refractivity contribution in [3.63, 3.8) is 0 Å². The SMILES string of the molecule is CCS(=O)(=O)Oc1ccc(CNCCN(C)C)cc1. The third-order valence-corrected chi connectivity index (χ3v) is 3.72. The van der Waals surface area contributed by atoms with Crippen LogP contribution in [0.15, 0.2) is 24.3 Å². The maximum Gasteiger partial charge on any atom is 0.308 e. The van der Waals surface area contributed by atoms with Gasteiger partial charge in [0.2, 0.25) is 0 Å². The van der Waals surface area contributed by atoms with Crippen molar-refractivity contribution in [2.24, 2.45) is 0 Å². The fraction of sp³-hybridized carbons (Fsp3) is 0.538. The first kappa shape index (κ1) is 15.9. The van der Waals surface area contributed by atoms with E-state index in [2.05, 4.69) is 10.2 Å². The summed E-state index contributed by atoms with van der Waals surface area (Å²) < 4.78 is 27.5. The molecule has 0 bridgehead atoms. The zero-order valence-corrected chi connectivity index (χ0v) is 12.5. The summed E-state index contributed by atoms with van der Waals surface area (Å²) in [5.74, 6) is 0.333. The second-order valence-electron chi connectivity index (χ2n) is 4.55. The summed E-state index contributed by atoms with van der Waals surface area (Å²) in [7, 11) is 0.623. The van der Waals surface area contributed by atoms with Crippen LogP contribution in [0.2, 0.25) is 0 Å². The first-order valence-electron chi connectivity index (χ1n) is 6.29. The Morgan fingerprint density at radius 2 is 1.84 bits per heavy atom. The fourth-order valence-corrected chi connectivity index (χ4v) is 1.93. The highest BCUT2D eigenvalue weighted by atomic mass is 32.2. The van der Waals surface area contributed by atoms with Crippen LogP contribution in [0.25, 0.3) is 0 Å². The maximum absolute atomic E-state index is 11.3. The number of nitrogens with one attached hydrogen (secondary N) is 1. The van der Waals surface area contributed by atoms with Gasteiger partial charge in [0.15, 0.2) is 0 Å². The molecule has 0 aromatic heterocycles. The summed E-state index contributed by atoms with van der Waals surface area (Å²) in [5, 5.41) is 3.31. The van der Waals surface area contributed by atoms with Gasteiger partial charge < -0.3 is 14.4 Å².